The molecular formula is C26H26FN5O2. The highest BCUT2D eigenvalue weighted by Gasteiger charge is 2.34. The van der Waals surface area contributed by atoms with Gasteiger partial charge in [0.1, 0.15) is 0 Å². The maximum Gasteiger partial charge on any atom is 0.256 e. The molecule has 2 aromatic heterocycles. The van der Waals surface area contributed by atoms with Crippen LogP contribution in [0.3, 0.4) is 0 Å². The van der Waals surface area contributed by atoms with Crippen molar-refractivity contribution in [2.45, 2.75) is 38.1 Å². The van der Waals surface area contributed by atoms with Gasteiger partial charge in [-0.3, -0.25) is 9.18 Å². The first-order valence-corrected chi connectivity index (χ1v) is 11.5. The minimum Gasteiger partial charge on any atom is -0.440 e. The Morgan fingerprint density at radius 3 is 2.56 bits per heavy atom. The maximum atomic E-state index is 13.7. The number of hydrogen-bond donors (Lipinski definition) is 0. The highest BCUT2D eigenvalue weighted by Crippen LogP contribution is 2.35. The lowest BCUT2D eigenvalue weighted by atomic mass is 9.92. The largest absolute Gasteiger partial charge is 0.440 e. The van der Waals surface area contributed by atoms with Crippen LogP contribution in [0, 0.1) is 0 Å². The number of carbonyl (C=O) groups is 1. The molecule has 174 valence electrons. The van der Waals surface area contributed by atoms with E-state index in [0.717, 1.165) is 18.4 Å². The Bertz CT molecular complexity index is 1260. The van der Waals surface area contributed by atoms with E-state index < -0.39 is 6.67 Å². The van der Waals surface area contributed by atoms with Crippen molar-refractivity contribution in [1.82, 2.24) is 24.9 Å². The monoisotopic (exact) mass is 459 g/mol. The van der Waals surface area contributed by atoms with Crippen molar-refractivity contribution in [1.29, 1.82) is 0 Å². The van der Waals surface area contributed by atoms with E-state index in [4.69, 9.17) is 4.42 Å². The lowest BCUT2D eigenvalue weighted by molar-refractivity contribution is 0.0597. The fraction of sp³-hybridized carbons (Fsp3) is 0.308. The molecule has 0 saturated carbocycles. The second kappa shape index (κ2) is 9.59. The average Bonchev–Trinajstić information content (AvgIpc) is 3.56. The summed E-state index contributed by atoms with van der Waals surface area (Å²) >= 11 is 0. The third kappa shape index (κ3) is 4.23. The molecule has 1 aliphatic rings. The van der Waals surface area contributed by atoms with Crippen molar-refractivity contribution < 1.29 is 13.6 Å². The minimum atomic E-state index is -0.504. The highest BCUT2D eigenvalue weighted by molar-refractivity contribution is 5.98. The molecule has 0 N–H and O–H groups in total. The second-order valence-electron chi connectivity index (χ2n) is 8.55. The Hall–Kier alpha value is -3.81. The van der Waals surface area contributed by atoms with Gasteiger partial charge in [-0.05, 0) is 31.9 Å². The van der Waals surface area contributed by atoms with E-state index in [-0.39, 0.29) is 24.3 Å². The van der Waals surface area contributed by atoms with Gasteiger partial charge in [-0.25, -0.2) is 4.98 Å². The van der Waals surface area contributed by atoms with Crippen molar-refractivity contribution in [3.8, 4) is 17.0 Å². The molecule has 0 aliphatic carbocycles. The molecule has 5 rings (SSSR count). The molecule has 4 aromatic rings. The van der Waals surface area contributed by atoms with Crippen LogP contribution < -0.4 is 0 Å². The van der Waals surface area contributed by atoms with Gasteiger partial charge >= 0.3 is 0 Å². The summed E-state index contributed by atoms with van der Waals surface area (Å²) in [6.07, 6.45) is 5.03. The quantitative estimate of drug-likeness (QED) is 0.412. The third-order valence-corrected chi connectivity index (χ3v) is 6.34. The van der Waals surface area contributed by atoms with Gasteiger partial charge < -0.3 is 9.32 Å². The summed E-state index contributed by atoms with van der Waals surface area (Å²) in [5.41, 5.74) is 2.68. The topological polar surface area (TPSA) is 77.0 Å². The van der Waals surface area contributed by atoms with Crippen molar-refractivity contribution in [3.05, 3.63) is 84.1 Å². The summed E-state index contributed by atoms with van der Waals surface area (Å²) < 4.78 is 19.4. The van der Waals surface area contributed by atoms with Crippen LogP contribution in [0.1, 0.15) is 47.6 Å². The van der Waals surface area contributed by atoms with Crippen molar-refractivity contribution in [2.75, 3.05) is 13.2 Å². The van der Waals surface area contributed by atoms with Crippen LogP contribution in [0.4, 0.5) is 4.39 Å². The van der Waals surface area contributed by atoms with Crippen LogP contribution in [0.15, 0.2) is 71.4 Å². The number of rotatable bonds is 6. The number of alkyl halides is 1. The molecule has 1 aliphatic heterocycles. The number of amides is 1. The molecule has 3 heterocycles. The number of hydrogen-bond acceptors (Lipinski definition) is 5. The standard InChI is InChI=1S/C26H26FN5O2/c1-18-11-12-20(25-30-22(13-14-27)24(34-25)19-7-3-2-4-8-19)17-31(18)26(33)21-9-5-6-10-23(21)32-28-15-16-29-32/h2-10,15-16,18,20H,11-14,17H2,1H3. The predicted molar refractivity (Wildman–Crippen MR) is 125 cm³/mol. The Morgan fingerprint density at radius 2 is 1.79 bits per heavy atom. The molecule has 1 fully saturated rings. The number of likely N-dealkylation sites (tertiary alicyclic amines) is 1. The molecule has 8 heteroatoms. The van der Waals surface area contributed by atoms with Crippen molar-refractivity contribution in [3.63, 3.8) is 0 Å². The van der Waals surface area contributed by atoms with E-state index in [1.54, 1.807) is 18.5 Å². The molecular weight excluding hydrogens is 433 g/mol. The number of nitrogens with zero attached hydrogens (tertiary/aromatic N) is 5. The minimum absolute atomic E-state index is 0.0639. The first-order chi connectivity index (χ1) is 16.7. The first kappa shape index (κ1) is 22.0. The first-order valence-electron chi connectivity index (χ1n) is 11.5. The normalized spacial score (nSPS) is 18.2. The number of piperidine rings is 1. The van der Waals surface area contributed by atoms with Crippen LogP contribution in [0.25, 0.3) is 17.0 Å². The third-order valence-electron chi connectivity index (χ3n) is 6.34. The lowest BCUT2D eigenvalue weighted by Gasteiger charge is -2.37. The van der Waals surface area contributed by atoms with E-state index in [0.29, 0.717) is 35.1 Å². The summed E-state index contributed by atoms with van der Waals surface area (Å²) in [5.74, 6) is 1.03. The molecule has 1 amide bonds. The SMILES string of the molecule is CC1CCC(c2nc(CCF)c(-c3ccccc3)o2)CN1C(=O)c1ccccc1-n1nccn1. The van der Waals surface area contributed by atoms with Gasteiger partial charge in [0.05, 0.1) is 41.9 Å². The molecule has 34 heavy (non-hydrogen) atoms. The van der Waals surface area contributed by atoms with Gasteiger partial charge in [-0.2, -0.15) is 15.0 Å². The Morgan fingerprint density at radius 1 is 1.06 bits per heavy atom. The Kier molecular flexibility index (Phi) is 6.20. The second-order valence-corrected chi connectivity index (χ2v) is 8.55. The van der Waals surface area contributed by atoms with E-state index in [9.17, 15) is 9.18 Å². The van der Waals surface area contributed by atoms with Gasteiger partial charge in [0.2, 0.25) is 0 Å². The molecule has 2 unspecified atom stereocenters. The Balaban J connectivity index is 1.44. The van der Waals surface area contributed by atoms with Crippen LogP contribution in [-0.2, 0) is 6.42 Å². The molecule has 0 radical (unpaired) electrons. The number of carbonyl (C=O) groups excluding carboxylic acids is 1. The summed E-state index contributed by atoms with van der Waals surface area (Å²) in [6, 6.07) is 17.1. The van der Waals surface area contributed by atoms with Gasteiger partial charge in [0.15, 0.2) is 11.7 Å². The molecule has 0 spiro atoms. The summed E-state index contributed by atoms with van der Waals surface area (Å²) in [6.45, 7) is 2.03. The fourth-order valence-corrected chi connectivity index (χ4v) is 4.53. The van der Waals surface area contributed by atoms with Gasteiger partial charge in [0, 0.05) is 24.6 Å². The van der Waals surface area contributed by atoms with Gasteiger partial charge in [-0.1, -0.05) is 42.5 Å². The molecule has 1 saturated heterocycles. The molecule has 2 aromatic carbocycles. The number of aryl methyl sites for hydroxylation is 1. The number of halogens is 1. The summed E-state index contributed by atoms with van der Waals surface area (Å²) in [7, 11) is 0. The lowest BCUT2D eigenvalue weighted by Crippen LogP contribution is -2.45. The average molecular weight is 460 g/mol. The Labute approximate surface area is 197 Å². The van der Waals surface area contributed by atoms with Gasteiger partial charge in [0.25, 0.3) is 5.91 Å². The molecule has 0 bridgehead atoms. The van der Waals surface area contributed by atoms with Gasteiger partial charge in [-0.15, -0.1) is 0 Å². The van der Waals surface area contributed by atoms with Crippen LogP contribution in [0.5, 0.6) is 0 Å². The van der Waals surface area contributed by atoms with Crippen molar-refractivity contribution >= 4 is 5.91 Å². The highest BCUT2D eigenvalue weighted by atomic mass is 19.1. The molecule has 7 nitrogen and oxygen atoms in total. The van der Waals surface area contributed by atoms with E-state index in [1.165, 1.54) is 4.80 Å². The fourth-order valence-electron chi connectivity index (χ4n) is 4.53. The zero-order chi connectivity index (χ0) is 23.5. The maximum absolute atomic E-state index is 13.7. The summed E-state index contributed by atoms with van der Waals surface area (Å²) in [4.78, 5) is 21.7. The zero-order valence-corrected chi connectivity index (χ0v) is 19.0. The van der Waals surface area contributed by atoms with E-state index in [1.807, 2.05) is 53.4 Å². The molecule has 2 atom stereocenters. The smallest absolute Gasteiger partial charge is 0.256 e. The van der Waals surface area contributed by atoms with E-state index in [2.05, 4.69) is 22.1 Å². The number of oxazole rings is 1. The zero-order valence-electron chi connectivity index (χ0n) is 19.0. The van der Waals surface area contributed by atoms with Crippen LogP contribution in [0.2, 0.25) is 0 Å². The summed E-state index contributed by atoms with van der Waals surface area (Å²) in [5, 5.41) is 8.39. The van der Waals surface area contributed by atoms with E-state index >= 15 is 0 Å². The van der Waals surface area contributed by atoms with Crippen molar-refractivity contribution in [2.24, 2.45) is 0 Å². The van der Waals surface area contributed by atoms with Crippen LogP contribution in [-0.4, -0.2) is 50.0 Å². The number of aromatic nitrogens is 4. The van der Waals surface area contributed by atoms with Crippen LogP contribution >= 0.6 is 0 Å². The number of para-hydroxylation sites is 1. The predicted octanol–water partition coefficient (Wildman–Crippen LogP) is 4.84. The number of benzene rings is 2.